The van der Waals surface area contributed by atoms with Gasteiger partial charge in [-0.1, -0.05) is 57.0 Å². The van der Waals surface area contributed by atoms with E-state index in [2.05, 4.69) is 32.6 Å². The first-order valence-corrected chi connectivity index (χ1v) is 17.6. The molecule has 2 aromatic carbocycles. The molecule has 0 N–H and O–H groups in total. The molecule has 10 heteroatoms. The number of halogens is 1. The van der Waals surface area contributed by atoms with Crippen LogP contribution in [-0.2, 0) is 24.4 Å². The molecular weight excluding hydrogens is 626 g/mol. The van der Waals surface area contributed by atoms with Gasteiger partial charge in [-0.3, -0.25) is 9.59 Å². The molecule has 0 aromatic heterocycles. The van der Waals surface area contributed by atoms with Crippen molar-refractivity contribution in [3.8, 4) is 11.5 Å². The third-order valence-electron chi connectivity index (χ3n) is 8.92. The van der Waals surface area contributed by atoms with E-state index in [4.69, 9.17) is 25.3 Å². The van der Waals surface area contributed by atoms with E-state index in [-0.39, 0.29) is 50.4 Å². The highest BCUT2D eigenvalue weighted by molar-refractivity contribution is 7.87. The van der Waals surface area contributed by atoms with Gasteiger partial charge in [0, 0.05) is 61.6 Å². The van der Waals surface area contributed by atoms with Gasteiger partial charge in [-0.2, -0.15) is 8.42 Å². The van der Waals surface area contributed by atoms with E-state index in [1.54, 1.807) is 38.3 Å². The van der Waals surface area contributed by atoms with Crippen molar-refractivity contribution in [2.75, 3.05) is 26.9 Å². The first kappa shape index (κ1) is 34.2. The van der Waals surface area contributed by atoms with Crippen LogP contribution in [0, 0.1) is 17.8 Å². The Hall–Kier alpha value is -3.14. The number of allylic oxidation sites excluding steroid dienone is 4. The molecule has 0 atom stereocenters. The number of carbonyl (C=O) groups excluding carboxylic acids is 2. The van der Waals surface area contributed by atoms with Gasteiger partial charge >= 0.3 is 10.1 Å². The second-order valence-electron chi connectivity index (χ2n) is 14.1. The molecule has 0 saturated heterocycles. The van der Waals surface area contributed by atoms with Crippen molar-refractivity contribution >= 4 is 33.3 Å². The molecule has 0 fully saturated rings. The Kier molecular flexibility index (Phi) is 9.53. The topological polar surface area (TPSA) is 99.2 Å². The van der Waals surface area contributed by atoms with Crippen LogP contribution in [-0.4, -0.2) is 51.8 Å². The number of methoxy groups -OCH3 is 1. The fourth-order valence-electron chi connectivity index (χ4n) is 6.98. The van der Waals surface area contributed by atoms with E-state index >= 15 is 0 Å². The van der Waals surface area contributed by atoms with Gasteiger partial charge in [0.2, 0.25) is 5.75 Å². The number of carbonyl (C=O) groups is 2. The SMILES string of the molecule is CCOc1cc(C2C3=C(CC(C)(C)CC3=O)N(CCCOC)C3=C2C(=O)CC(C)(C)C3)cc(Cl)c1OS(=O)(=O)c1ccc(C)cc1. The monoisotopic (exact) mass is 669 g/mol. The van der Waals surface area contributed by atoms with Crippen molar-refractivity contribution in [1.29, 1.82) is 0 Å². The molecule has 0 radical (unpaired) electrons. The molecule has 248 valence electrons. The van der Waals surface area contributed by atoms with E-state index in [9.17, 15) is 18.0 Å². The van der Waals surface area contributed by atoms with Crippen LogP contribution in [0.25, 0.3) is 0 Å². The summed E-state index contributed by atoms with van der Waals surface area (Å²) in [5.41, 5.74) is 4.04. The molecule has 46 heavy (non-hydrogen) atoms. The van der Waals surface area contributed by atoms with Crippen LogP contribution < -0.4 is 8.92 Å². The van der Waals surface area contributed by atoms with Gasteiger partial charge in [0.15, 0.2) is 17.3 Å². The van der Waals surface area contributed by atoms with Crippen LogP contribution in [0.3, 0.4) is 0 Å². The molecule has 1 heterocycles. The van der Waals surface area contributed by atoms with Gasteiger partial charge in [0.25, 0.3) is 0 Å². The Morgan fingerprint density at radius 3 is 2.00 bits per heavy atom. The van der Waals surface area contributed by atoms with Gasteiger partial charge in [-0.05, 0) is 73.8 Å². The first-order chi connectivity index (χ1) is 21.6. The van der Waals surface area contributed by atoms with Gasteiger partial charge in [-0.15, -0.1) is 0 Å². The Labute approximate surface area is 277 Å². The third-order valence-corrected chi connectivity index (χ3v) is 10.4. The average molecular weight is 670 g/mol. The van der Waals surface area contributed by atoms with Crippen molar-refractivity contribution in [3.05, 3.63) is 75.1 Å². The second kappa shape index (κ2) is 12.8. The van der Waals surface area contributed by atoms with Crippen molar-refractivity contribution < 1.29 is 31.7 Å². The van der Waals surface area contributed by atoms with Crippen LogP contribution in [0.4, 0.5) is 0 Å². The minimum absolute atomic E-state index is 0.00599. The predicted molar refractivity (Wildman–Crippen MR) is 178 cm³/mol. The summed E-state index contributed by atoms with van der Waals surface area (Å²) >= 11 is 6.84. The summed E-state index contributed by atoms with van der Waals surface area (Å²) in [6, 6.07) is 9.62. The predicted octanol–water partition coefficient (Wildman–Crippen LogP) is 7.54. The standard InChI is InChI=1S/C36H44ClNO7S/c1-8-44-30-17-23(16-25(37)34(30)45-46(41,42)24-12-10-22(2)11-13-24)31-32-26(18-35(3,4)20-28(32)39)38(14-9-15-43-7)27-19-36(5,6)21-29(40)33(27)31/h10-13,16-17,31H,8-9,14-15,18-21H2,1-7H3. The highest BCUT2D eigenvalue weighted by atomic mass is 35.5. The molecule has 0 bridgehead atoms. The summed E-state index contributed by atoms with van der Waals surface area (Å²) in [4.78, 5) is 30.5. The van der Waals surface area contributed by atoms with Crippen molar-refractivity contribution in [3.63, 3.8) is 0 Å². The summed E-state index contributed by atoms with van der Waals surface area (Å²) in [6.45, 7) is 13.4. The lowest BCUT2D eigenvalue weighted by molar-refractivity contribution is -0.119. The number of aryl methyl sites for hydroxylation is 1. The Morgan fingerprint density at radius 2 is 1.48 bits per heavy atom. The molecule has 0 unspecified atom stereocenters. The normalized spacial score (nSPS) is 19.7. The smallest absolute Gasteiger partial charge is 0.339 e. The number of hydrogen-bond donors (Lipinski definition) is 0. The third kappa shape index (κ3) is 6.78. The number of benzene rings is 2. The molecule has 0 amide bonds. The summed E-state index contributed by atoms with van der Waals surface area (Å²) in [5, 5.41) is 0.00985. The second-order valence-corrected chi connectivity index (χ2v) is 16.1. The van der Waals surface area contributed by atoms with Gasteiger partial charge in [0.05, 0.1) is 11.6 Å². The number of Topliss-reactive ketones (excluding diaryl/α,β-unsaturated/α-hetero) is 2. The summed E-state index contributed by atoms with van der Waals surface area (Å²) in [5.74, 6) is -0.697. The lowest BCUT2D eigenvalue weighted by Gasteiger charge is -2.49. The fourth-order valence-corrected chi connectivity index (χ4v) is 8.24. The quantitative estimate of drug-likeness (QED) is 0.189. The number of hydrogen-bond acceptors (Lipinski definition) is 8. The Bertz CT molecular complexity index is 1670. The highest BCUT2D eigenvalue weighted by Crippen LogP contribution is 2.55. The van der Waals surface area contributed by atoms with Crippen molar-refractivity contribution in [2.24, 2.45) is 10.8 Å². The largest absolute Gasteiger partial charge is 0.490 e. The molecule has 2 aromatic rings. The Balaban J connectivity index is 1.70. The van der Waals surface area contributed by atoms with Crippen LogP contribution in [0.15, 0.2) is 63.8 Å². The van der Waals surface area contributed by atoms with E-state index in [0.29, 0.717) is 55.5 Å². The maximum absolute atomic E-state index is 14.1. The number of ketones is 2. The minimum Gasteiger partial charge on any atom is -0.490 e. The van der Waals surface area contributed by atoms with Crippen molar-refractivity contribution in [1.82, 2.24) is 4.90 Å². The molecular formula is C36H44ClNO7S. The maximum Gasteiger partial charge on any atom is 0.339 e. The van der Waals surface area contributed by atoms with Crippen LogP contribution in [0.5, 0.6) is 11.5 Å². The molecule has 3 aliphatic rings. The lowest BCUT2D eigenvalue weighted by atomic mass is 9.63. The molecule has 5 rings (SSSR count). The summed E-state index contributed by atoms with van der Waals surface area (Å²) in [6.07, 6.45) is 2.77. The lowest BCUT2D eigenvalue weighted by Crippen LogP contribution is -2.44. The van der Waals surface area contributed by atoms with E-state index in [1.165, 1.54) is 12.1 Å². The summed E-state index contributed by atoms with van der Waals surface area (Å²) in [7, 11) is -2.57. The van der Waals surface area contributed by atoms with Gasteiger partial charge in [-0.25, -0.2) is 0 Å². The molecule has 2 aliphatic carbocycles. The summed E-state index contributed by atoms with van der Waals surface area (Å²) < 4.78 is 43.5. The van der Waals surface area contributed by atoms with E-state index in [0.717, 1.165) is 23.4 Å². The van der Waals surface area contributed by atoms with Crippen LogP contribution in [0.2, 0.25) is 5.02 Å². The Morgan fingerprint density at radius 1 is 0.913 bits per heavy atom. The first-order valence-electron chi connectivity index (χ1n) is 15.8. The van der Waals surface area contributed by atoms with Crippen molar-refractivity contribution in [2.45, 2.75) is 84.5 Å². The highest BCUT2D eigenvalue weighted by Gasteiger charge is 2.49. The maximum atomic E-state index is 14.1. The fraction of sp³-hybridized carbons (Fsp3) is 0.500. The molecule has 0 saturated carbocycles. The zero-order chi connectivity index (χ0) is 33.6. The molecule has 0 spiro atoms. The average Bonchev–Trinajstić information content (AvgIpc) is 2.94. The zero-order valence-corrected chi connectivity index (χ0v) is 29.4. The van der Waals surface area contributed by atoms with E-state index in [1.807, 2.05) is 6.92 Å². The minimum atomic E-state index is -4.24. The zero-order valence-electron chi connectivity index (χ0n) is 27.8. The van der Waals surface area contributed by atoms with Crippen LogP contribution >= 0.6 is 11.6 Å². The van der Waals surface area contributed by atoms with Gasteiger partial charge < -0.3 is 18.6 Å². The molecule has 8 nitrogen and oxygen atoms in total. The van der Waals surface area contributed by atoms with Crippen LogP contribution in [0.1, 0.15) is 83.8 Å². The number of nitrogens with zero attached hydrogens (tertiary/aromatic N) is 1. The number of ether oxygens (including phenoxy) is 2. The van der Waals surface area contributed by atoms with E-state index < -0.39 is 16.0 Å². The van der Waals surface area contributed by atoms with Gasteiger partial charge in [0.1, 0.15) is 4.90 Å². The number of rotatable bonds is 10. The molecule has 1 aliphatic heterocycles.